The zero-order chi connectivity index (χ0) is 10.1. The quantitative estimate of drug-likeness (QED) is 0.715. The van der Waals surface area contributed by atoms with Crippen molar-refractivity contribution in [2.45, 2.75) is 13.3 Å². The first kappa shape index (κ1) is 9.51. The maximum Gasteiger partial charge on any atom is 0.0992 e. The molecule has 2 aromatic rings. The normalized spacial score (nSPS) is 10.4. The van der Waals surface area contributed by atoms with Crippen LogP contribution in [0.5, 0.6) is 0 Å². The van der Waals surface area contributed by atoms with Crippen molar-refractivity contribution >= 4 is 33.0 Å². The van der Waals surface area contributed by atoms with Crippen molar-refractivity contribution in [1.82, 2.24) is 0 Å². The fraction of sp³-hybridized carbons (Fsp3) is 0.182. The summed E-state index contributed by atoms with van der Waals surface area (Å²) in [4.78, 5) is 1.30. The minimum Gasteiger partial charge on any atom is -0.192 e. The van der Waals surface area contributed by atoms with E-state index in [1.165, 1.54) is 4.88 Å². The van der Waals surface area contributed by atoms with Crippen LogP contribution in [-0.4, -0.2) is 0 Å². The van der Waals surface area contributed by atoms with Gasteiger partial charge < -0.3 is 0 Å². The van der Waals surface area contributed by atoms with Gasteiger partial charge in [-0.1, -0.05) is 18.5 Å². The summed E-state index contributed by atoms with van der Waals surface area (Å²) in [6, 6.07) is 7.82. The zero-order valence-corrected chi connectivity index (χ0v) is 9.25. The van der Waals surface area contributed by atoms with Gasteiger partial charge in [-0.25, -0.2) is 0 Å². The summed E-state index contributed by atoms with van der Waals surface area (Å²) in [6.07, 6.45) is 1.01. The molecule has 0 aliphatic rings. The maximum absolute atomic E-state index is 8.78. The van der Waals surface area contributed by atoms with Gasteiger partial charge in [0, 0.05) is 15.0 Å². The Hall–Kier alpha value is -1.04. The number of thiophene rings is 1. The van der Waals surface area contributed by atoms with Crippen molar-refractivity contribution in [3.8, 4) is 6.07 Å². The molecule has 0 amide bonds. The van der Waals surface area contributed by atoms with Crippen LogP contribution in [0.15, 0.2) is 18.2 Å². The van der Waals surface area contributed by atoms with Crippen molar-refractivity contribution in [2.24, 2.45) is 0 Å². The van der Waals surface area contributed by atoms with Gasteiger partial charge >= 0.3 is 0 Å². The molecule has 3 heteroatoms. The smallest absolute Gasteiger partial charge is 0.0992 e. The van der Waals surface area contributed by atoms with E-state index in [1.807, 2.05) is 6.07 Å². The second-order valence-corrected chi connectivity index (χ2v) is 4.62. The molecule has 0 spiro atoms. The van der Waals surface area contributed by atoms with Crippen LogP contribution in [0.4, 0.5) is 0 Å². The summed E-state index contributed by atoms with van der Waals surface area (Å²) in [5.41, 5.74) is 0.631. The molecule has 0 saturated carbocycles. The molecule has 1 aromatic heterocycles. The monoisotopic (exact) mass is 221 g/mol. The molecule has 0 unspecified atom stereocenters. The number of rotatable bonds is 1. The van der Waals surface area contributed by atoms with Crippen LogP contribution in [0.3, 0.4) is 0 Å². The third-order valence-electron chi connectivity index (χ3n) is 2.12. The van der Waals surface area contributed by atoms with Crippen molar-refractivity contribution in [2.75, 3.05) is 0 Å². The highest BCUT2D eigenvalue weighted by molar-refractivity contribution is 7.19. The minimum absolute atomic E-state index is 0.631. The lowest BCUT2D eigenvalue weighted by Gasteiger charge is -1.93. The fourth-order valence-corrected chi connectivity index (χ4v) is 2.79. The summed E-state index contributed by atoms with van der Waals surface area (Å²) in [5, 5.41) is 10.5. The van der Waals surface area contributed by atoms with Crippen LogP contribution >= 0.6 is 22.9 Å². The molecule has 0 aliphatic carbocycles. The molecule has 70 valence electrons. The Labute approximate surface area is 91.5 Å². The predicted molar refractivity (Wildman–Crippen MR) is 60.9 cm³/mol. The van der Waals surface area contributed by atoms with Crippen LogP contribution in [-0.2, 0) is 6.42 Å². The number of fused-ring (bicyclic) bond motifs is 1. The lowest BCUT2D eigenvalue weighted by molar-refractivity contribution is 1.19. The van der Waals surface area contributed by atoms with Gasteiger partial charge in [0.05, 0.1) is 16.7 Å². The second kappa shape index (κ2) is 3.61. The Kier molecular flexibility index (Phi) is 2.45. The first-order valence-corrected chi connectivity index (χ1v) is 5.56. The fourth-order valence-electron chi connectivity index (χ4n) is 1.39. The van der Waals surface area contributed by atoms with E-state index >= 15 is 0 Å². The Balaban J connectivity index is 2.75. The maximum atomic E-state index is 8.78. The van der Waals surface area contributed by atoms with Gasteiger partial charge in [-0.2, -0.15) is 5.26 Å². The third-order valence-corrected chi connectivity index (χ3v) is 3.65. The topological polar surface area (TPSA) is 23.8 Å². The molecule has 1 nitrogen and oxygen atoms in total. The number of nitrogens with zero attached hydrogens (tertiary/aromatic N) is 1. The molecular formula is C11H8ClNS. The van der Waals surface area contributed by atoms with Crippen LogP contribution < -0.4 is 0 Å². The third kappa shape index (κ3) is 1.50. The van der Waals surface area contributed by atoms with E-state index < -0.39 is 0 Å². The Morgan fingerprint density at radius 2 is 2.21 bits per heavy atom. The number of aryl methyl sites for hydroxylation is 1. The van der Waals surface area contributed by atoms with E-state index in [0.717, 1.165) is 16.5 Å². The van der Waals surface area contributed by atoms with E-state index in [2.05, 4.69) is 19.1 Å². The van der Waals surface area contributed by atoms with Crippen molar-refractivity contribution in [3.63, 3.8) is 0 Å². The molecule has 0 radical (unpaired) electrons. The van der Waals surface area contributed by atoms with Gasteiger partial charge in [0.15, 0.2) is 0 Å². The first-order valence-electron chi connectivity index (χ1n) is 4.36. The predicted octanol–water partition coefficient (Wildman–Crippen LogP) is 3.99. The van der Waals surface area contributed by atoms with Crippen LogP contribution in [0.2, 0.25) is 5.02 Å². The standard InChI is InChI=1S/C11H8ClNS/c1-2-8-5-9-10(12)3-7(6-13)4-11(9)14-8/h3-5H,2H2,1H3. The number of hydrogen-bond donors (Lipinski definition) is 0. The number of benzene rings is 1. The highest BCUT2D eigenvalue weighted by Gasteiger charge is 2.06. The minimum atomic E-state index is 0.631. The van der Waals surface area contributed by atoms with E-state index in [9.17, 15) is 0 Å². The van der Waals surface area contributed by atoms with Gasteiger partial charge in [-0.3, -0.25) is 0 Å². The van der Waals surface area contributed by atoms with Gasteiger partial charge in [-0.15, -0.1) is 11.3 Å². The Morgan fingerprint density at radius 3 is 2.86 bits per heavy atom. The molecule has 1 aromatic carbocycles. The molecule has 2 rings (SSSR count). The van der Waals surface area contributed by atoms with Gasteiger partial charge in [0.1, 0.15) is 0 Å². The van der Waals surface area contributed by atoms with Crippen LogP contribution in [0.1, 0.15) is 17.4 Å². The average molecular weight is 222 g/mol. The molecule has 0 bridgehead atoms. The molecule has 0 aliphatic heterocycles. The van der Waals surface area contributed by atoms with E-state index in [0.29, 0.717) is 10.6 Å². The van der Waals surface area contributed by atoms with Gasteiger partial charge in [-0.05, 0) is 24.6 Å². The van der Waals surface area contributed by atoms with Crippen molar-refractivity contribution in [1.29, 1.82) is 5.26 Å². The van der Waals surface area contributed by atoms with Crippen LogP contribution in [0.25, 0.3) is 10.1 Å². The summed E-state index contributed by atoms with van der Waals surface area (Å²) >= 11 is 7.77. The Morgan fingerprint density at radius 1 is 1.43 bits per heavy atom. The zero-order valence-electron chi connectivity index (χ0n) is 7.67. The summed E-state index contributed by atoms with van der Waals surface area (Å²) < 4.78 is 1.10. The summed E-state index contributed by atoms with van der Waals surface area (Å²) in [6.45, 7) is 2.11. The lowest BCUT2D eigenvalue weighted by Crippen LogP contribution is -1.73. The number of hydrogen-bond acceptors (Lipinski definition) is 2. The average Bonchev–Trinajstić information content (AvgIpc) is 2.61. The molecule has 14 heavy (non-hydrogen) atoms. The van der Waals surface area contributed by atoms with E-state index in [-0.39, 0.29) is 0 Å². The highest BCUT2D eigenvalue weighted by atomic mass is 35.5. The van der Waals surface area contributed by atoms with Gasteiger partial charge in [0.25, 0.3) is 0 Å². The SMILES string of the molecule is CCc1cc2c(Cl)cc(C#N)cc2s1. The Bertz CT molecular complexity index is 522. The van der Waals surface area contributed by atoms with Crippen molar-refractivity contribution < 1.29 is 0 Å². The molecule has 0 atom stereocenters. The second-order valence-electron chi connectivity index (χ2n) is 3.05. The highest BCUT2D eigenvalue weighted by Crippen LogP contribution is 2.32. The lowest BCUT2D eigenvalue weighted by atomic mass is 10.2. The van der Waals surface area contributed by atoms with E-state index in [1.54, 1.807) is 17.4 Å². The van der Waals surface area contributed by atoms with E-state index in [4.69, 9.17) is 16.9 Å². The first-order chi connectivity index (χ1) is 6.74. The van der Waals surface area contributed by atoms with Gasteiger partial charge in [0.2, 0.25) is 0 Å². The summed E-state index contributed by atoms with van der Waals surface area (Å²) in [7, 11) is 0. The molecule has 0 saturated heterocycles. The number of halogens is 1. The molecule has 0 fully saturated rings. The number of nitriles is 1. The van der Waals surface area contributed by atoms with Crippen molar-refractivity contribution in [3.05, 3.63) is 33.7 Å². The molecule has 0 N–H and O–H groups in total. The molecular weight excluding hydrogens is 214 g/mol. The molecule has 1 heterocycles. The summed E-state index contributed by atoms with van der Waals surface area (Å²) in [5.74, 6) is 0. The van der Waals surface area contributed by atoms with Crippen LogP contribution in [0, 0.1) is 11.3 Å². The largest absolute Gasteiger partial charge is 0.192 e.